The van der Waals surface area contributed by atoms with Crippen LogP contribution in [0.4, 0.5) is 4.79 Å². The van der Waals surface area contributed by atoms with Crippen LogP contribution in [0.15, 0.2) is 54.6 Å². The number of carboxylic acids is 1. The summed E-state index contributed by atoms with van der Waals surface area (Å²) in [6.45, 7) is 1.78. The van der Waals surface area contributed by atoms with Gasteiger partial charge >= 0.3 is 12.0 Å². The fourth-order valence-corrected chi connectivity index (χ4v) is 4.62. The molecule has 0 spiro atoms. The molecule has 11 heteroatoms. The van der Waals surface area contributed by atoms with E-state index in [0.717, 1.165) is 11.1 Å². The molecular formula is C29H35N5O6. The Bertz CT molecular complexity index is 1230. The van der Waals surface area contributed by atoms with Crippen molar-refractivity contribution in [2.75, 3.05) is 33.8 Å². The summed E-state index contributed by atoms with van der Waals surface area (Å²) >= 11 is 0. The zero-order valence-corrected chi connectivity index (χ0v) is 22.9. The zero-order valence-electron chi connectivity index (χ0n) is 22.9. The molecule has 212 valence electrons. The number of urea groups is 1. The SMILES string of the molecule is C#CCN1CC(=O)N([C@@H](CC(=O)O)C(=O)N(C)CCc2ccc(OC)cc2)[C@H](C)N1C(=O)NCc1ccccc1. The summed E-state index contributed by atoms with van der Waals surface area (Å²) < 4.78 is 5.17. The zero-order chi connectivity index (χ0) is 29.2. The molecule has 2 aromatic rings. The third-order valence-electron chi connectivity index (χ3n) is 6.70. The Morgan fingerprint density at radius 1 is 1.15 bits per heavy atom. The largest absolute Gasteiger partial charge is 0.497 e. The predicted molar refractivity (Wildman–Crippen MR) is 148 cm³/mol. The summed E-state index contributed by atoms with van der Waals surface area (Å²) in [5.74, 6) is 0.882. The van der Waals surface area contributed by atoms with Crippen LogP contribution in [0.5, 0.6) is 5.75 Å². The van der Waals surface area contributed by atoms with Crippen molar-refractivity contribution in [3.63, 3.8) is 0 Å². The first-order chi connectivity index (χ1) is 19.2. The number of terminal acetylenes is 1. The lowest BCUT2D eigenvalue weighted by molar-refractivity contribution is -0.175. The number of nitrogens with zero attached hydrogens (tertiary/aromatic N) is 4. The Morgan fingerprint density at radius 3 is 2.42 bits per heavy atom. The molecule has 0 radical (unpaired) electrons. The second-order valence-electron chi connectivity index (χ2n) is 9.42. The van der Waals surface area contributed by atoms with Crippen LogP contribution < -0.4 is 10.1 Å². The number of rotatable bonds is 11. The summed E-state index contributed by atoms with van der Waals surface area (Å²) in [5, 5.41) is 15.2. The number of carbonyl (C=O) groups excluding carboxylic acids is 3. The Kier molecular flexibility index (Phi) is 10.5. The molecule has 2 atom stereocenters. The molecule has 1 fully saturated rings. The average molecular weight is 550 g/mol. The lowest BCUT2D eigenvalue weighted by atomic mass is 10.1. The van der Waals surface area contributed by atoms with Crippen molar-refractivity contribution in [2.45, 2.75) is 38.5 Å². The highest BCUT2D eigenvalue weighted by Crippen LogP contribution is 2.23. The molecule has 0 aliphatic carbocycles. The predicted octanol–water partition coefficient (Wildman–Crippen LogP) is 1.79. The maximum absolute atomic E-state index is 13.6. The van der Waals surface area contributed by atoms with Crippen LogP contribution in [0.25, 0.3) is 0 Å². The average Bonchev–Trinajstić information content (AvgIpc) is 2.94. The molecule has 1 saturated heterocycles. The molecule has 3 rings (SSSR count). The smallest absolute Gasteiger partial charge is 0.334 e. The molecule has 0 aromatic heterocycles. The molecule has 0 bridgehead atoms. The molecule has 4 amide bonds. The van der Waals surface area contributed by atoms with Gasteiger partial charge in [-0.15, -0.1) is 6.42 Å². The number of hydrogen-bond donors (Lipinski definition) is 2. The van der Waals surface area contributed by atoms with Gasteiger partial charge in [-0.2, -0.15) is 5.01 Å². The Morgan fingerprint density at radius 2 is 1.82 bits per heavy atom. The number of benzene rings is 2. The monoisotopic (exact) mass is 549 g/mol. The number of hydrogen-bond acceptors (Lipinski definition) is 6. The van der Waals surface area contributed by atoms with Gasteiger partial charge in [0.05, 0.1) is 26.6 Å². The number of ether oxygens (including phenoxy) is 1. The van der Waals surface area contributed by atoms with Gasteiger partial charge in [-0.1, -0.05) is 48.4 Å². The third kappa shape index (κ3) is 7.51. The second kappa shape index (κ2) is 14.0. The first-order valence-corrected chi connectivity index (χ1v) is 12.9. The standard InChI is InChI=1S/C29H35N5O6/c1-5-16-32-20-26(35)33(21(2)34(32)29(39)30-19-23-9-7-6-8-10-23)25(18-27(36)37)28(38)31(3)17-15-22-11-13-24(40-4)14-12-22/h1,6-14,21,25H,15-20H2,2-4H3,(H,30,39)(H,36,37)/t21-,25-/m0/s1. The number of hydrazine groups is 1. The molecular weight excluding hydrogens is 514 g/mol. The Labute approximate surface area is 234 Å². The van der Waals surface area contributed by atoms with Crippen molar-refractivity contribution < 1.29 is 29.0 Å². The van der Waals surface area contributed by atoms with Crippen LogP contribution in [-0.4, -0.2) is 94.7 Å². The number of carbonyl (C=O) groups is 4. The van der Waals surface area contributed by atoms with Crippen molar-refractivity contribution in [1.29, 1.82) is 0 Å². The van der Waals surface area contributed by atoms with E-state index in [9.17, 15) is 24.3 Å². The third-order valence-corrected chi connectivity index (χ3v) is 6.70. The fraction of sp³-hybridized carbons (Fsp3) is 0.379. The summed E-state index contributed by atoms with van der Waals surface area (Å²) in [4.78, 5) is 54.6. The molecule has 2 aromatic carbocycles. The van der Waals surface area contributed by atoms with Crippen LogP contribution in [0.3, 0.4) is 0 Å². The molecule has 11 nitrogen and oxygen atoms in total. The minimum Gasteiger partial charge on any atom is -0.497 e. The number of carboxylic acid groups (broad SMARTS) is 1. The van der Waals surface area contributed by atoms with E-state index < -0.39 is 42.4 Å². The molecule has 40 heavy (non-hydrogen) atoms. The van der Waals surface area contributed by atoms with Crippen molar-refractivity contribution in [1.82, 2.24) is 25.1 Å². The van der Waals surface area contributed by atoms with Crippen molar-refractivity contribution >= 4 is 23.8 Å². The van der Waals surface area contributed by atoms with Gasteiger partial charge in [0.1, 0.15) is 18.0 Å². The van der Waals surface area contributed by atoms with Gasteiger partial charge in [0.15, 0.2) is 0 Å². The van der Waals surface area contributed by atoms with Gasteiger partial charge in [-0.3, -0.25) is 14.4 Å². The number of methoxy groups -OCH3 is 1. The minimum atomic E-state index is -1.32. The van der Waals surface area contributed by atoms with Crippen LogP contribution in [-0.2, 0) is 27.3 Å². The van der Waals surface area contributed by atoms with Crippen LogP contribution in [0.1, 0.15) is 24.5 Å². The van der Waals surface area contributed by atoms with E-state index in [1.807, 2.05) is 54.6 Å². The minimum absolute atomic E-state index is 0.0258. The maximum Gasteiger partial charge on any atom is 0.334 e. The molecule has 1 heterocycles. The summed E-state index contributed by atoms with van der Waals surface area (Å²) in [7, 11) is 3.14. The number of aliphatic carboxylic acids is 1. The highest BCUT2D eigenvalue weighted by atomic mass is 16.5. The molecule has 0 saturated carbocycles. The normalized spacial score (nSPS) is 16.1. The summed E-state index contributed by atoms with van der Waals surface area (Å²) in [5.41, 5.74) is 1.83. The van der Waals surface area contributed by atoms with E-state index in [-0.39, 0.29) is 19.6 Å². The van der Waals surface area contributed by atoms with Crippen molar-refractivity contribution in [3.05, 3.63) is 65.7 Å². The lowest BCUT2D eigenvalue weighted by Gasteiger charge is -2.49. The topological polar surface area (TPSA) is 123 Å². The highest BCUT2D eigenvalue weighted by molar-refractivity contribution is 5.92. The quantitative estimate of drug-likeness (QED) is 0.410. The van der Waals surface area contributed by atoms with Gasteiger partial charge in [0.25, 0.3) is 0 Å². The molecule has 1 aliphatic rings. The molecule has 2 N–H and O–H groups in total. The fourth-order valence-electron chi connectivity index (χ4n) is 4.62. The van der Waals surface area contributed by atoms with Crippen molar-refractivity contribution in [2.24, 2.45) is 0 Å². The van der Waals surface area contributed by atoms with Gasteiger partial charge in [-0.25, -0.2) is 9.80 Å². The van der Waals surface area contributed by atoms with E-state index in [2.05, 4.69) is 11.2 Å². The van der Waals surface area contributed by atoms with Gasteiger partial charge in [0.2, 0.25) is 11.8 Å². The Hall–Kier alpha value is -4.56. The van der Waals surface area contributed by atoms with E-state index >= 15 is 0 Å². The van der Waals surface area contributed by atoms with Gasteiger partial charge in [-0.05, 0) is 36.6 Å². The first kappa shape index (κ1) is 30.0. The Balaban J connectivity index is 1.80. The number of nitrogens with one attached hydrogen (secondary N) is 1. The van der Waals surface area contributed by atoms with Gasteiger partial charge < -0.3 is 25.0 Å². The summed E-state index contributed by atoms with van der Waals surface area (Å²) in [6, 6.07) is 14.8. The maximum atomic E-state index is 13.6. The number of amides is 4. The lowest BCUT2D eigenvalue weighted by Crippen LogP contribution is -2.70. The second-order valence-corrected chi connectivity index (χ2v) is 9.42. The van der Waals surface area contributed by atoms with E-state index in [4.69, 9.17) is 11.2 Å². The van der Waals surface area contributed by atoms with E-state index in [1.54, 1.807) is 21.1 Å². The first-order valence-electron chi connectivity index (χ1n) is 12.9. The van der Waals surface area contributed by atoms with E-state index in [1.165, 1.54) is 19.8 Å². The highest BCUT2D eigenvalue weighted by Gasteiger charge is 2.45. The van der Waals surface area contributed by atoms with E-state index in [0.29, 0.717) is 18.7 Å². The number of likely N-dealkylation sites (N-methyl/N-ethyl adjacent to an activating group) is 1. The molecule has 1 aliphatic heterocycles. The summed E-state index contributed by atoms with van der Waals surface area (Å²) in [6.07, 6.45) is 4.42. The molecule has 0 unspecified atom stereocenters. The van der Waals surface area contributed by atoms with Crippen LogP contribution in [0, 0.1) is 12.3 Å². The van der Waals surface area contributed by atoms with Crippen LogP contribution >= 0.6 is 0 Å². The van der Waals surface area contributed by atoms with Crippen LogP contribution in [0.2, 0.25) is 0 Å². The van der Waals surface area contributed by atoms with Crippen molar-refractivity contribution in [3.8, 4) is 18.1 Å². The van der Waals surface area contributed by atoms with Gasteiger partial charge in [0, 0.05) is 20.1 Å².